The van der Waals surface area contributed by atoms with Crippen LogP contribution in [0.3, 0.4) is 0 Å². The highest BCUT2D eigenvalue weighted by molar-refractivity contribution is 5.38. The van der Waals surface area contributed by atoms with Crippen LogP contribution in [-0.2, 0) is 0 Å². The van der Waals surface area contributed by atoms with Gasteiger partial charge in [-0.1, -0.05) is 23.3 Å². The van der Waals surface area contributed by atoms with Gasteiger partial charge < -0.3 is 0 Å². The van der Waals surface area contributed by atoms with Crippen molar-refractivity contribution in [2.24, 2.45) is 0 Å². The van der Waals surface area contributed by atoms with Gasteiger partial charge in [0.05, 0.1) is 11.6 Å². The van der Waals surface area contributed by atoms with Crippen LogP contribution in [0.5, 0.6) is 0 Å². The van der Waals surface area contributed by atoms with Gasteiger partial charge in [-0.25, -0.2) is 0 Å². The topological polar surface area (TPSA) is 23.8 Å². The van der Waals surface area contributed by atoms with E-state index in [1.54, 1.807) is 0 Å². The van der Waals surface area contributed by atoms with E-state index in [0.717, 1.165) is 18.4 Å². The Kier molecular flexibility index (Phi) is 6.49. The van der Waals surface area contributed by atoms with Gasteiger partial charge in [-0.05, 0) is 46.6 Å². The summed E-state index contributed by atoms with van der Waals surface area (Å²) in [5, 5.41) is 8.93. The molecule has 0 amide bonds. The maximum absolute atomic E-state index is 8.93. The van der Waals surface area contributed by atoms with Gasteiger partial charge in [-0.2, -0.15) is 5.26 Å². The molecule has 0 N–H and O–H groups in total. The first-order valence-corrected chi connectivity index (χ1v) is 4.97. The highest BCUT2D eigenvalue weighted by Crippen LogP contribution is 2.13. The van der Waals surface area contributed by atoms with Gasteiger partial charge >= 0.3 is 0 Å². The van der Waals surface area contributed by atoms with Crippen molar-refractivity contribution in [2.45, 2.75) is 40.5 Å². The molecule has 0 rings (SSSR count). The average Bonchev–Trinajstić information content (AvgIpc) is 2.14. The molecule has 1 heteroatoms. The molecule has 0 aromatic carbocycles. The lowest BCUT2D eigenvalue weighted by molar-refractivity contribution is 0.967. The summed E-state index contributed by atoms with van der Waals surface area (Å²) in [6, 6.07) is 2.24. The van der Waals surface area contributed by atoms with E-state index in [-0.39, 0.29) is 0 Å². The van der Waals surface area contributed by atoms with Crippen molar-refractivity contribution in [3.63, 3.8) is 0 Å². The highest BCUT2D eigenvalue weighted by atomic mass is 14.2. The van der Waals surface area contributed by atoms with Crippen LogP contribution >= 0.6 is 0 Å². The zero-order valence-corrected chi connectivity index (χ0v) is 9.59. The predicted octanol–water partition coefficient (Wildman–Crippen LogP) is 4.15. The van der Waals surface area contributed by atoms with E-state index in [0.29, 0.717) is 0 Å². The lowest BCUT2D eigenvalue weighted by Crippen LogP contribution is -1.84. The Morgan fingerprint density at radius 3 is 2.36 bits per heavy atom. The Bertz CT molecular complexity index is 294. The van der Waals surface area contributed by atoms with Gasteiger partial charge in [0.25, 0.3) is 0 Å². The first-order valence-electron chi connectivity index (χ1n) is 4.97. The number of rotatable bonds is 4. The minimum Gasteiger partial charge on any atom is -0.192 e. The normalized spacial score (nSPS) is 12.2. The summed E-state index contributed by atoms with van der Waals surface area (Å²) in [5.74, 6) is 0. The monoisotopic (exact) mass is 189 g/mol. The van der Waals surface area contributed by atoms with Gasteiger partial charge in [0, 0.05) is 0 Å². The molecule has 1 nitrogen and oxygen atoms in total. The van der Waals surface area contributed by atoms with Gasteiger partial charge in [0.15, 0.2) is 0 Å². The summed E-state index contributed by atoms with van der Waals surface area (Å²) >= 11 is 0. The van der Waals surface area contributed by atoms with Gasteiger partial charge in [0.1, 0.15) is 0 Å². The first kappa shape index (κ1) is 12.7. The fourth-order valence-corrected chi connectivity index (χ4v) is 1.14. The van der Waals surface area contributed by atoms with E-state index in [2.05, 4.69) is 12.1 Å². The third-order valence-corrected chi connectivity index (χ3v) is 1.93. The molecule has 0 spiro atoms. The molecule has 0 fully saturated rings. The van der Waals surface area contributed by atoms with E-state index in [9.17, 15) is 0 Å². The number of hydrogen-bond acceptors (Lipinski definition) is 1. The Hall–Kier alpha value is -1.29. The zero-order valence-electron chi connectivity index (χ0n) is 9.59. The molecule has 0 saturated heterocycles. The van der Waals surface area contributed by atoms with Crippen molar-refractivity contribution in [1.82, 2.24) is 0 Å². The van der Waals surface area contributed by atoms with Gasteiger partial charge in [-0.3, -0.25) is 0 Å². The molecule has 0 aliphatic carbocycles. The number of hydrogen-bond donors (Lipinski definition) is 0. The molecule has 0 bridgehead atoms. The standard InChI is InChI=1S/C13H19N/c1-5-6-7-8-12(4)13(10-14)9-11(2)3/h5-6,9H,7-8H2,1-4H3. The molecule has 0 aliphatic rings. The van der Waals surface area contributed by atoms with Crippen LogP contribution in [0.1, 0.15) is 40.5 Å². The summed E-state index contributed by atoms with van der Waals surface area (Å²) in [5.41, 5.74) is 3.16. The average molecular weight is 189 g/mol. The van der Waals surface area contributed by atoms with E-state index in [4.69, 9.17) is 5.26 Å². The third-order valence-electron chi connectivity index (χ3n) is 1.93. The van der Waals surface area contributed by atoms with Gasteiger partial charge in [0.2, 0.25) is 0 Å². The fourth-order valence-electron chi connectivity index (χ4n) is 1.14. The Morgan fingerprint density at radius 1 is 1.29 bits per heavy atom. The van der Waals surface area contributed by atoms with Crippen molar-refractivity contribution in [2.75, 3.05) is 0 Å². The van der Waals surface area contributed by atoms with Crippen LogP contribution in [0.2, 0.25) is 0 Å². The Labute approximate surface area is 87.4 Å². The number of nitrogens with zero attached hydrogens (tertiary/aromatic N) is 1. The van der Waals surface area contributed by atoms with Crippen LogP contribution in [0.4, 0.5) is 0 Å². The second kappa shape index (κ2) is 7.15. The van der Waals surface area contributed by atoms with Crippen LogP contribution in [0, 0.1) is 11.3 Å². The van der Waals surface area contributed by atoms with Crippen molar-refractivity contribution < 1.29 is 0 Å². The SMILES string of the molecule is CC=CCCC(C)=C(C#N)C=C(C)C. The molecule has 0 heterocycles. The summed E-state index contributed by atoms with van der Waals surface area (Å²) < 4.78 is 0. The van der Waals surface area contributed by atoms with Gasteiger partial charge in [-0.15, -0.1) is 0 Å². The molecular weight excluding hydrogens is 170 g/mol. The maximum atomic E-state index is 8.93. The van der Waals surface area contributed by atoms with Crippen LogP contribution in [-0.4, -0.2) is 0 Å². The zero-order chi connectivity index (χ0) is 11.0. The molecule has 0 aromatic rings. The minimum atomic E-state index is 0.814. The van der Waals surface area contributed by atoms with Crippen LogP contribution < -0.4 is 0 Å². The lowest BCUT2D eigenvalue weighted by Gasteiger charge is -2.00. The molecule has 0 unspecified atom stereocenters. The molecule has 0 atom stereocenters. The van der Waals surface area contributed by atoms with Crippen molar-refractivity contribution >= 4 is 0 Å². The lowest BCUT2D eigenvalue weighted by atomic mass is 10.0. The van der Waals surface area contributed by atoms with Crippen molar-refractivity contribution in [1.29, 1.82) is 5.26 Å². The van der Waals surface area contributed by atoms with Crippen molar-refractivity contribution in [3.05, 3.63) is 34.9 Å². The summed E-state index contributed by atoms with van der Waals surface area (Å²) in [4.78, 5) is 0. The minimum absolute atomic E-state index is 0.814. The summed E-state index contributed by atoms with van der Waals surface area (Å²) in [6.07, 6.45) is 8.10. The molecule has 0 saturated carbocycles. The third kappa shape index (κ3) is 5.37. The number of allylic oxidation sites excluding steroid dienone is 6. The molecule has 76 valence electrons. The first-order chi connectivity index (χ1) is 6.61. The molecule has 14 heavy (non-hydrogen) atoms. The fraction of sp³-hybridized carbons (Fsp3) is 0.462. The summed E-state index contributed by atoms with van der Waals surface area (Å²) in [7, 11) is 0. The Balaban J connectivity index is 4.53. The second-order valence-corrected chi connectivity index (χ2v) is 3.64. The molecule has 0 aliphatic heterocycles. The summed E-state index contributed by atoms with van der Waals surface area (Å²) in [6.45, 7) is 8.06. The van der Waals surface area contributed by atoms with Crippen molar-refractivity contribution in [3.8, 4) is 6.07 Å². The molecule has 0 aromatic heterocycles. The van der Waals surface area contributed by atoms with E-state index < -0.39 is 0 Å². The quantitative estimate of drug-likeness (QED) is 0.370. The Morgan fingerprint density at radius 2 is 1.93 bits per heavy atom. The smallest absolute Gasteiger partial charge is 0.0990 e. The van der Waals surface area contributed by atoms with E-state index in [1.807, 2.05) is 39.8 Å². The van der Waals surface area contributed by atoms with Crippen LogP contribution in [0.25, 0.3) is 0 Å². The number of nitriles is 1. The van der Waals surface area contributed by atoms with E-state index >= 15 is 0 Å². The second-order valence-electron chi connectivity index (χ2n) is 3.64. The molecule has 0 radical (unpaired) electrons. The largest absolute Gasteiger partial charge is 0.192 e. The predicted molar refractivity (Wildman–Crippen MR) is 61.8 cm³/mol. The van der Waals surface area contributed by atoms with E-state index in [1.165, 1.54) is 11.1 Å². The van der Waals surface area contributed by atoms with Crippen LogP contribution in [0.15, 0.2) is 34.9 Å². The molecular formula is C13H19N. The maximum Gasteiger partial charge on any atom is 0.0990 e. The highest BCUT2D eigenvalue weighted by Gasteiger charge is 1.97.